The van der Waals surface area contributed by atoms with Crippen molar-refractivity contribution in [3.8, 4) is 5.69 Å². The van der Waals surface area contributed by atoms with E-state index in [1.165, 1.54) is 0 Å². The Labute approximate surface area is 183 Å². The Balaban J connectivity index is 1.52. The van der Waals surface area contributed by atoms with Crippen molar-refractivity contribution in [2.75, 3.05) is 18.4 Å². The highest BCUT2D eigenvalue weighted by atomic mass is 16.5. The zero-order valence-electron chi connectivity index (χ0n) is 18.5. The van der Waals surface area contributed by atoms with Gasteiger partial charge in [0.05, 0.1) is 23.6 Å². The van der Waals surface area contributed by atoms with Crippen LogP contribution in [0.25, 0.3) is 5.69 Å². The first-order chi connectivity index (χ1) is 14.9. The van der Waals surface area contributed by atoms with E-state index in [2.05, 4.69) is 40.4 Å². The first-order valence-corrected chi connectivity index (χ1v) is 10.7. The number of aromatic nitrogens is 3. The number of morpholine rings is 1. The van der Waals surface area contributed by atoms with Crippen molar-refractivity contribution in [1.29, 1.82) is 0 Å². The molecule has 2 aromatic carbocycles. The lowest BCUT2D eigenvalue weighted by Crippen LogP contribution is -2.44. The summed E-state index contributed by atoms with van der Waals surface area (Å²) in [5.74, 6) is -0.257. The molecule has 0 bridgehead atoms. The van der Waals surface area contributed by atoms with E-state index in [0.717, 1.165) is 42.1 Å². The van der Waals surface area contributed by atoms with Crippen LogP contribution in [-0.4, -0.2) is 51.1 Å². The standard InChI is InChI=1S/C24H29N5O2/c1-16-8-7-10-21(12-16)29-19(4)23(26-27-29)24(30)25-22-11-6-5-9-20(22)15-28-13-17(2)31-18(3)14-28/h5-12,17-18H,13-15H2,1-4H3,(H,25,30). The van der Waals surface area contributed by atoms with E-state index in [9.17, 15) is 4.79 Å². The normalized spacial score (nSPS) is 19.4. The van der Waals surface area contributed by atoms with Gasteiger partial charge in [0.2, 0.25) is 0 Å². The second-order valence-electron chi connectivity index (χ2n) is 8.34. The predicted molar refractivity (Wildman–Crippen MR) is 121 cm³/mol. The zero-order valence-corrected chi connectivity index (χ0v) is 18.5. The van der Waals surface area contributed by atoms with Crippen LogP contribution in [0, 0.1) is 13.8 Å². The number of carbonyl (C=O) groups is 1. The van der Waals surface area contributed by atoms with Gasteiger partial charge in [-0.3, -0.25) is 9.69 Å². The van der Waals surface area contributed by atoms with Crippen LogP contribution in [0.4, 0.5) is 5.69 Å². The third-order valence-electron chi connectivity index (χ3n) is 5.51. The first-order valence-electron chi connectivity index (χ1n) is 10.7. The number of carbonyl (C=O) groups excluding carboxylic acids is 1. The van der Waals surface area contributed by atoms with E-state index in [4.69, 9.17) is 4.74 Å². The molecule has 2 atom stereocenters. The Kier molecular flexibility index (Phi) is 6.15. The van der Waals surface area contributed by atoms with E-state index in [-0.39, 0.29) is 18.1 Å². The summed E-state index contributed by atoms with van der Waals surface area (Å²) in [5.41, 5.74) is 4.91. The summed E-state index contributed by atoms with van der Waals surface area (Å²) in [4.78, 5) is 15.4. The number of hydrogen-bond donors (Lipinski definition) is 1. The molecule has 7 nitrogen and oxygen atoms in total. The van der Waals surface area contributed by atoms with Crippen molar-refractivity contribution < 1.29 is 9.53 Å². The van der Waals surface area contributed by atoms with Gasteiger partial charge in [-0.05, 0) is 57.0 Å². The molecule has 1 fully saturated rings. The van der Waals surface area contributed by atoms with Gasteiger partial charge in [0, 0.05) is 25.3 Å². The van der Waals surface area contributed by atoms with E-state index < -0.39 is 0 Å². The molecular weight excluding hydrogens is 390 g/mol. The largest absolute Gasteiger partial charge is 0.373 e. The summed E-state index contributed by atoms with van der Waals surface area (Å²) < 4.78 is 7.54. The van der Waals surface area contributed by atoms with Gasteiger partial charge in [-0.25, -0.2) is 4.68 Å². The zero-order chi connectivity index (χ0) is 22.0. The molecule has 0 radical (unpaired) electrons. The summed E-state index contributed by atoms with van der Waals surface area (Å²) in [6.45, 7) is 10.6. The molecule has 31 heavy (non-hydrogen) atoms. The van der Waals surface area contributed by atoms with E-state index in [0.29, 0.717) is 11.4 Å². The maximum absolute atomic E-state index is 13.0. The number of hydrogen-bond acceptors (Lipinski definition) is 5. The fourth-order valence-corrected chi connectivity index (χ4v) is 4.16. The number of ether oxygens (including phenoxy) is 1. The smallest absolute Gasteiger partial charge is 0.278 e. The summed E-state index contributed by atoms with van der Waals surface area (Å²) in [6, 6.07) is 15.9. The molecule has 0 saturated carbocycles. The lowest BCUT2D eigenvalue weighted by Gasteiger charge is -2.35. The quantitative estimate of drug-likeness (QED) is 0.682. The highest BCUT2D eigenvalue weighted by molar-refractivity contribution is 6.04. The van der Waals surface area contributed by atoms with Crippen LogP contribution >= 0.6 is 0 Å². The number of nitrogens with zero attached hydrogens (tertiary/aromatic N) is 4. The summed E-state index contributed by atoms with van der Waals surface area (Å²) >= 11 is 0. The Hall–Kier alpha value is -3.03. The Morgan fingerprint density at radius 3 is 2.58 bits per heavy atom. The minimum absolute atomic E-state index is 0.199. The molecule has 1 aromatic heterocycles. The fourth-order valence-electron chi connectivity index (χ4n) is 4.16. The molecule has 7 heteroatoms. The third-order valence-corrected chi connectivity index (χ3v) is 5.51. The van der Waals surface area contributed by atoms with Gasteiger partial charge < -0.3 is 10.1 Å². The average Bonchev–Trinajstić information content (AvgIpc) is 3.10. The van der Waals surface area contributed by atoms with Crippen LogP contribution in [0.2, 0.25) is 0 Å². The highest BCUT2D eigenvalue weighted by Crippen LogP contribution is 2.22. The van der Waals surface area contributed by atoms with Crippen molar-refractivity contribution in [3.05, 3.63) is 71.0 Å². The minimum atomic E-state index is -0.257. The van der Waals surface area contributed by atoms with Gasteiger partial charge >= 0.3 is 0 Å². The van der Waals surface area contributed by atoms with E-state index in [1.807, 2.05) is 56.3 Å². The van der Waals surface area contributed by atoms with Crippen LogP contribution in [0.3, 0.4) is 0 Å². The highest BCUT2D eigenvalue weighted by Gasteiger charge is 2.23. The number of nitrogens with one attached hydrogen (secondary N) is 1. The van der Waals surface area contributed by atoms with Crippen molar-refractivity contribution in [1.82, 2.24) is 19.9 Å². The number of anilines is 1. The molecule has 1 amide bonds. The molecule has 4 rings (SSSR count). The molecule has 2 heterocycles. The molecule has 1 aliphatic heterocycles. The van der Waals surface area contributed by atoms with Crippen molar-refractivity contribution in [2.24, 2.45) is 0 Å². The molecule has 0 aliphatic carbocycles. The second kappa shape index (κ2) is 8.99. The first kappa shape index (κ1) is 21.2. The van der Waals surface area contributed by atoms with Gasteiger partial charge in [0.1, 0.15) is 0 Å². The molecule has 3 aromatic rings. The molecule has 0 spiro atoms. The number of rotatable bonds is 5. The van der Waals surface area contributed by atoms with Gasteiger partial charge in [-0.15, -0.1) is 5.10 Å². The van der Waals surface area contributed by atoms with Crippen LogP contribution in [0.15, 0.2) is 48.5 Å². The predicted octanol–water partition coefficient (Wildman–Crippen LogP) is 3.75. The van der Waals surface area contributed by atoms with Crippen LogP contribution < -0.4 is 5.32 Å². The lowest BCUT2D eigenvalue weighted by atomic mass is 10.1. The van der Waals surface area contributed by atoms with Gasteiger partial charge in [0.25, 0.3) is 5.91 Å². The van der Waals surface area contributed by atoms with Crippen molar-refractivity contribution >= 4 is 11.6 Å². The Bertz CT molecular complexity index is 1070. The van der Waals surface area contributed by atoms with Gasteiger partial charge in [-0.2, -0.15) is 0 Å². The Morgan fingerprint density at radius 1 is 1.10 bits per heavy atom. The summed E-state index contributed by atoms with van der Waals surface area (Å²) in [5, 5.41) is 11.4. The number of aryl methyl sites for hydroxylation is 1. The van der Waals surface area contributed by atoms with Crippen LogP contribution in [0.5, 0.6) is 0 Å². The number of benzene rings is 2. The monoisotopic (exact) mass is 419 g/mol. The molecule has 1 N–H and O–H groups in total. The Morgan fingerprint density at radius 2 is 1.84 bits per heavy atom. The van der Waals surface area contributed by atoms with Gasteiger partial charge in [-0.1, -0.05) is 35.5 Å². The average molecular weight is 420 g/mol. The van der Waals surface area contributed by atoms with Crippen LogP contribution in [0.1, 0.15) is 41.2 Å². The minimum Gasteiger partial charge on any atom is -0.373 e. The second-order valence-corrected chi connectivity index (χ2v) is 8.34. The van der Waals surface area contributed by atoms with Gasteiger partial charge in [0.15, 0.2) is 5.69 Å². The molecule has 1 saturated heterocycles. The molecule has 1 aliphatic rings. The van der Waals surface area contributed by atoms with E-state index in [1.54, 1.807) is 4.68 Å². The lowest BCUT2D eigenvalue weighted by molar-refractivity contribution is -0.0704. The number of amides is 1. The topological polar surface area (TPSA) is 72.3 Å². The third kappa shape index (κ3) is 4.84. The fraction of sp³-hybridized carbons (Fsp3) is 0.375. The molecule has 2 unspecified atom stereocenters. The molecule has 162 valence electrons. The van der Waals surface area contributed by atoms with Crippen molar-refractivity contribution in [3.63, 3.8) is 0 Å². The SMILES string of the molecule is Cc1cccc(-n2nnc(C(=O)Nc3ccccc3CN3CC(C)OC(C)C3)c2C)c1. The van der Waals surface area contributed by atoms with Crippen LogP contribution in [-0.2, 0) is 11.3 Å². The van der Waals surface area contributed by atoms with Crippen molar-refractivity contribution in [2.45, 2.75) is 46.4 Å². The van der Waals surface area contributed by atoms with E-state index >= 15 is 0 Å². The maximum Gasteiger partial charge on any atom is 0.278 e. The summed E-state index contributed by atoms with van der Waals surface area (Å²) in [7, 11) is 0. The molecular formula is C24H29N5O2. The summed E-state index contributed by atoms with van der Waals surface area (Å²) in [6.07, 6.45) is 0.398. The number of para-hydroxylation sites is 1. The maximum atomic E-state index is 13.0.